The Kier molecular flexibility index (Phi) is 6.55. The van der Waals surface area contributed by atoms with E-state index in [4.69, 9.17) is 0 Å². The normalized spacial score (nSPS) is 13.3. The lowest BCUT2D eigenvalue weighted by molar-refractivity contribution is 0.986. The van der Waals surface area contributed by atoms with Crippen LogP contribution in [0.15, 0.2) is 195 Å². The van der Waals surface area contributed by atoms with Gasteiger partial charge in [-0.05, 0) is 142 Å². The van der Waals surface area contributed by atoms with Gasteiger partial charge in [-0.3, -0.25) is 4.98 Å². The quantitative estimate of drug-likeness (QED) is 0.177. The van der Waals surface area contributed by atoms with Crippen molar-refractivity contribution in [2.75, 3.05) is 6.54 Å². The molecule has 0 atom stereocenters. The van der Waals surface area contributed by atoms with Gasteiger partial charge >= 0.3 is 0 Å². The smallest absolute Gasteiger partial charge is 0.0553 e. The summed E-state index contributed by atoms with van der Waals surface area (Å²) in [6.07, 6.45) is 10.2. The summed E-state index contributed by atoms with van der Waals surface area (Å²) in [4.78, 5) is 4.48. The van der Waals surface area contributed by atoms with E-state index in [1.165, 1.54) is 98.1 Å². The van der Waals surface area contributed by atoms with E-state index in [-0.39, 0.29) is 0 Å². The van der Waals surface area contributed by atoms with Crippen molar-refractivity contribution in [1.29, 1.82) is 0 Å². The Bertz CT molecular complexity index is 3970. The Balaban J connectivity index is 1.06. The number of allylic oxidation sites excluding steroid dienone is 2. The number of nitrogens with zero attached hydrogens (tertiary/aromatic N) is 4. The highest BCUT2D eigenvalue weighted by Gasteiger charge is 2.22. The van der Waals surface area contributed by atoms with Gasteiger partial charge in [0.25, 0.3) is 0 Å². The molecule has 1 aliphatic heterocycles. The lowest BCUT2D eigenvalue weighted by atomic mass is 9.96. The number of benzene rings is 9. The third-order valence-electron chi connectivity index (χ3n) is 13.2. The Hall–Kier alpha value is -8.15. The van der Waals surface area contributed by atoms with E-state index in [9.17, 15) is 0 Å². The zero-order valence-corrected chi connectivity index (χ0v) is 33.0. The first-order valence-corrected chi connectivity index (χ1v) is 21.0. The Morgan fingerprint density at radius 3 is 1.61 bits per heavy atom. The second-order valence-corrected chi connectivity index (χ2v) is 16.5. The van der Waals surface area contributed by atoms with Gasteiger partial charge < -0.3 is 19.0 Å². The van der Waals surface area contributed by atoms with Crippen molar-refractivity contribution in [2.24, 2.45) is 0 Å². The van der Waals surface area contributed by atoms with Gasteiger partial charge in [-0.2, -0.15) is 0 Å². The molecule has 61 heavy (non-hydrogen) atoms. The molecule has 1 N–H and O–H groups in total. The predicted molar refractivity (Wildman–Crippen MR) is 255 cm³/mol. The number of hydrogen-bond donors (Lipinski definition) is 1. The highest BCUT2D eigenvalue weighted by atomic mass is 15.0. The predicted octanol–water partition coefficient (Wildman–Crippen LogP) is 13.7. The Labute approximate surface area is 350 Å². The lowest BCUT2D eigenvalue weighted by Crippen LogP contribution is -2.11. The molecule has 14 rings (SSSR count). The minimum Gasteiger partial charge on any atom is -0.387 e. The molecule has 0 radical (unpaired) electrons. The number of dihydropyridines is 1. The molecule has 0 bridgehead atoms. The minimum absolute atomic E-state index is 0.805. The van der Waals surface area contributed by atoms with E-state index >= 15 is 0 Å². The van der Waals surface area contributed by atoms with Crippen molar-refractivity contribution in [3.8, 4) is 28.2 Å². The molecule has 0 fully saturated rings. The average molecular weight is 778 g/mol. The summed E-state index contributed by atoms with van der Waals surface area (Å²) >= 11 is 0. The highest BCUT2D eigenvalue weighted by molar-refractivity contribution is 6.26. The first-order valence-electron chi connectivity index (χ1n) is 21.0. The standard InChI is InChI=1S/C56H35N5/c1-2-12-42(13-3-1)59-47-22-20-43(60-49-14-4-8-34-16-18-36-26-40(38-10-6-24-57-32-38)28-51(60)55(36)53(34)49)30-45(47)46-31-44(21-23-48(46)59)61-50-15-5-9-35-17-19-37-27-41(39-11-7-25-58-33-39)29-52(61)56(37)54(35)50/h1-32,58H,33H2. The first kappa shape index (κ1) is 32.8. The fourth-order valence-electron chi connectivity index (χ4n) is 10.6. The van der Waals surface area contributed by atoms with Crippen LogP contribution >= 0.6 is 0 Å². The fourth-order valence-corrected chi connectivity index (χ4v) is 10.6. The van der Waals surface area contributed by atoms with Crippen LogP contribution in [-0.2, 0) is 0 Å². The van der Waals surface area contributed by atoms with E-state index in [2.05, 4.69) is 194 Å². The monoisotopic (exact) mass is 777 g/mol. The molecule has 5 heterocycles. The summed E-state index contributed by atoms with van der Waals surface area (Å²) in [5, 5.41) is 16.1. The molecule has 0 amide bonds. The molecule has 5 nitrogen and oxygen atoms in total. The summed E-state index contributed by atoms with van der Waals surface area (Å²) in [6, 6.07) is 61.0. The molecule has 0 spiro atoms. The molecule has 0 saturated heterocycles. The molecule has 0 saturated carbocycles. The number of pyridine rings is 1. The third-order valence-corrected chi connectivity index (χ3v) is 13.2. The third kappa shape index (κ3) is 4.57. The Morgan fingerprint density at radius 2 is 1.00 bits per heavy atom. The second kappa shape index (κ2) is 12.2. The molecular weight excluding hydrogens is 743 g/mol. The maximum atomic E-state index is 4.48. The largest absolute Gasteiger partial charge is 0.387 e. The number of para-hydroxylation sites is 1. The number of hydrogen-bond acceptors (Lipinski definition) is 2. The number of fused-ring (bicyclic) bond motifs is 3. The topological polar surface area (TPSA) is 39.7 Å². The molecule has 284 valence electrons. The average Bonchev–Trinajstić information content (AvgIpc) is 3.97. The van der Waals surface area contributed by atoms with Crippen molar-refractivity contribution in [1.82, 2.24) is 24.0 Å². The van der Waals surface area contributed by atoms with Crippen molar-refractivity contribution in [3.05, 3.63) is 200 Å². The van der Waals surface area contributed by atoms with Gasteiger partial charge in [0, 0.05) is 73.9 Å². The summed E-state index contributed by atoms with van der Waals surface area (Å²) < 4.78 is 7.39. The molecule has 13 aromatic rings. The number of nitrogens with one attached hydrogen (secondary N) is 1. The van der Waals surface area contributed by atoms with E-state index in [0.29, 0.717) is 0 Å². The highest BCUT2D eigenvalue weighted by Crippen LogP contribution is 2.44. The van der Waals surface area contributed by atoms with Gasteiger partial charge in [-0.25, -0.2) is 0 Å². The van der Waals surface area contributed by atoms with E-state index < -0.39 is 0 Å². The van der Waals surface area contributed by atoms with Crippen LogP contribution in [0.25, 0.3) is 121 Å². The van der Waals surface area contributed by atoms with Crippen LogP contribution in [0.3, 0.4) is 0 Å². The van der Waals surface area contributed by atoms with E-state index in [0.717, 1.165) is 34.7 Å². The van der Waals surface area contributed by atoms with Gasteiger partial charge in [-0.1, -0.05) is 78.9 Å². The van der Waals surface area contributed by atoms with Crippen LogP contribution in [0.5, 0.6) is 0 Å². The van der Waals surface area contributed by atoms with Crippen molar-refractivity contribution < 1.29 is 0 Å². The maximum Gasteiger partial charge on any atom is 0.0553 e. The van der Waals surface area contributed by atoms with E-state index in [1.54, 1.807) is 0 Å². The van der Waals surface area contributed by atoms with Crippen LogP contribution in [0.2, 0.25) is 0 Å². The van der Waals surface area contributed by atoms with Crippen LogP contribution in [0, 0.1) is 0 Å². The number of aromatic nitrogens is 4. The first-order chi connectivity index (χ1) is 30.2. The zero-order chi connectivity index (χ0) is 39.8. The molecule has 0 aliphatic carbocycles. The van der Waals surface area contributed by atoms with Gasteiger partial charge in [0.15, 0.2) is 0 Å². The molecule has 9 aromatic carbocycles. The van der Waals surface area contributed by atoms with E-state index in [1.807, 2.05) is 24.7 Å². The minimum atomic E-state index is 0.805. The summed E-state index contributed by atoms with van der Waals surface area (Å²) in [5.74, 6) is 0. The van der Waals surface area contributed by atoms with Crippen molar-refractivity contribution >= 4 is 92.5 Å². The Morgan fingerprint density at radius 1 is 0.410 bits per heavy atom. The SMILES string of the molecule is C1=CNCC(c2cc3ccc4cccc5c4c3c(c2)n5-c2ccc3c(c2)c2cc(-n4c5cccc6ccc7cc(-c8cccnc8)cc4c7c65)ccc2n3-c2ccccc2)=C1. The van der Waals surface area contributed by atoms with Gasteiger partial charge in [0.2, 0.25) is 0 Å². The molecule has 0 unspecified atom stereocenters. The summed E-state index contributed by atoms with van der Waals surface area (Å²) in [6.45, 7) is 0.805. The number of rotatable bonds is 5. The fraction of sp³-hybridized carbons (Fsp3) is 0.0179. The van der Waals surface area contributed by atoms with Gasteiger partial charge in [-0.15, -0.1) is 0 Å². The molecule has 5 heteroatoms. The molecular formula is C56H35N5. The van der Waals surface area contributed by atoms with Crippen LogP contribution in [0.1, 0.15) is 5.56 Å². The van der Waals surface area contributed by atoms with Crippen LogP contribution < -0.4 is 5.32 Å². The zero-order valence-electron chi connectivity index (χ0n) is 33.0. The lowest BCUT2D eigenvalue weighted by Gasteiger charge is -2.14. The van der Waals surface area contributed by atoms with Crippen molar-refractivity contribution in [3.63, 3.8) is 0 Å². The summed E-state index contributed by atoms with van der Waals surface area (Å²) in [5.41, 5.74) is 15.4. The van der Waals surface area contributed by atoms with Crippen molar-refractivity contribution in [2.45, 2.75) is 0 Å². The van der Waals surface area contributed by atoms with Gasteiger partial charge in [0.05, 0.1) is 33.1 Å². The maximum absolute atomic E-state index is 4.48. The molecule has 1 aliphatic rings. The summed E-state index contributed by atoms with van der Waals surface area (Å²) in [7, 11) is 0. The van der Waals surface area contributed by atoms with Crippen LogP contribution in [-0.4, -0.2) is 25.2 Å². The second-order valence-electron chi connectivity index (χ2n) is 16.5. The molecule has 4 aromatic heterocycles. The van der Waals surface area contributed by atoms with Crippen LogP contribution in [0.4, 0.5) is 0 Å². The van der Waals surface area contributed by atoms with Gasteiger partial charge in [0.1, 0.15) is 0 Å².